The second-order valence-electron chi connectivity index (χ2n) is 6.41. The Morgan fingerprint density at radius 1 is 1.23 bits per heavy atom. The molecular formula is C19H16Cl2FN3O. The Kier molecular flexibility index (Phi) is 4.61. The van der Waals surface area contributed by atoms with Crippen LogP contribution in [0.2, 0.25) is 10.0 Å². The highest BCUT2D eigenvalue weighted by Gasteiger charge is 2.23. The summed E-state index contributed by atoms with van der Waals surface area (Å²) in [6, 6.07) is 10.1. The number of rotatable bonds is 3. The van der Waals surface area contributed by atoms with Crippen LogP contribution in [0.1, 0.15) is 11.3 Å². The van der Waals surface area contributed by atoms with Crippen LogP contribution in [0, 0.1) is 5.82 Å². The Balaban J connectivity index is 1.48. The van der Waals surface area contributed by atoms with Crippen LogP contribution in [0.15, 0.2) is 36.4 Å². The summed E-state index contributed by atoms with van der Waals surface area (Å²) in [6.45, 7) is 1.53. The van der Waals surface area contributed by atoms with Crippen molar-refractivity contribution in [3.63, 3.8) is 0 Å². The maximum absolute atomic E-state index is 14.1. The van der Waals surface area contributed by atoms with Gasteiger partial charge in [-0.15, -0.1) is 0 Å². The van der Waals surface area contributed by atoms with E-state index in [4.69, 9.17) is 23.2 Å². The monoisotopic (exact) mass is 391 g/mol. The number of hydrogen-bond acceptors (Lipinski definition) is 2. The highest BCUT2D eigenvalue weighted by molar-refractivity contribution is 6.31. The largest absolute Gasteiger partial charge is 0.355 e. The molecule has 4 nitrogen and oxygen atoms in total. The third-order valence-corrected chi connectivity index (χ3v) is 5.01. The number of nitrogens with one attached hydrogen (secondary N) is 2. The first-order valence-electron chi connectivity index (χ1n) is 8.26. The lowest BCUT2D eigenvalue weighted by molar-refractivity contribution is -0.117. The van der Waals surface area contributed by atoms with E-state index < -0.39 is 0 Å². The Hall–Kier alpha value is -2.08. The average molecular weight is 392 g/mol. The molecule has 0 aliphatic carbocycles. The molecular weight excluding hydrogens is 376 g/mol. The van der Waals surface area contributed by atoms with Crippen molar-refractivity contribution in [1.29, 1.82) is 0 Å². The van der Waals surface area contributed by atoms with Crippen LogP contribution >= 0.6 is 23.2 Å². The lowest BCUT2D eigenvalue weighted by Crippen LogP contribution is -2.37. The number of carbonyl (C=O) groups excluding carboxylic acids is 1. The minimum absolute atomic E-state index is 0.110. The van der Waals surface area contributed by atoms with Crippen molar-refractivity contribution in [1.82, 2.24) is 9.88 Å². The number of aromatic amines is 1. The molecule has 0 atom stereocenters. The fourth-order valence-corrected chi connectivity index (χ4v) is 3.82. The van der Waals surface area contributed by atoms with Gasteiger partial charge in [0.05, 0.1) is 12.1 Å². The number of aromatic nitrogens is 1. The first kappa shape index (κ1) is 17.3. The molecule has 4 rings (SSSR count). The number of carbonyl (C=O) groups is 1. The van der Waals surface area contributed by atoms with E-state index in [9.17, 15) is 9.18 Å². The molecule has 1 aromatic heterocycles. The molecule has 134 valence electrons. The van der Waals surface area contributed by atoms with E-state index in [-0.39, 0.29) is 18.3 Å². The first-order chi connectivity index (χ1) is 12.5. The minimum atomic E-state index is -0.354. The highest BCUT2D eigenvalue weighted by atomic mass is 35.5. The Bertz CT molecular complexity index is 1000. The molecule has 0 unspecified atom stereocenters. The van der Waals surface area contributed by atoms with Crippen molar-refractivity contribution in [2.24, 2.45) is 0 Å². The maximum Gasteiger partial charge on any atom is 0.238 e. The fraction of sp³-hybridized carbons (Fsp3) is 0.211. The van der Waals surface area contributed by atoms with Crippen LogP contribution in [0.5, 0.6) is 0 Å². The van der Waals surface area contributed by atoms with E-state index in [1.165, 1.54) is 6.07 Å². The van der Waals surface area contributed by atoms with Gasteiger partial charge in [0.25, 0.3) is 0 Å². The number of H-pyrrole nitrogens is 1. The lowest BCUT2D eigenvalue weighted by Gasteiger charge is -2.26. The molecule has 2 heterocycles. The molecule has 2 N–H and O–H groups in total. The van der Waals surface area contributed by atoms with Gasteiger partial charge in [-0.1, -0.05) is 29.3 Å². The molecule has 0 bridgehead atoms. The number of amides is 1. The standard InChI is InChI=1S/C19H16Cl2FN3O/c20-11-2-1-3-13(6-11)23-18(26)10-25-5-4-14-15-7-12(21)8-16(22)19(15)24-17(14)9-25/h1-3,6-8,24H,4-5,9-10H2,(H,23,26). The maximum atomic E-state index is 14.1. The molecule has 1 aliphatic rings. The molecule has 0 saturated carbocycles. The zero-order valence-corrected chi connectivity index (χ0v) is 15.3. The van der Waals surface area contributed by atoms with Gasteiger partial charge in [-0.05, 0) is 42.3 Å². The highest BCUT2D eigenvalue weighted by Crippen LogP contribution is 2.31. The van der Waals surface area contributed by atoms with Crippen LogP contribution in [0.25, 0.3) is 10.9 Å². The number of benzene rings is 2. The molecule has 0 radical (unpaired) electrons. The van der Waals surface area contributed by atoms with Gasteiger partial charge in [0.1, 0.15) is 5.82 Å². The summed E-state index contributed by atoms with van der Waals surface area (Å²) in [5.74, 6) is -0.465. The van der Waals surface area contributed by atoms with Gasteiger partial charge < -0.3 is 10.3 Å². The molecule has 26 heavy (non-hydrogen) atoms. The number of nitrogens with zero attached hydrogens (tertiary/aromatic N) is 1. The molecule has 7 heteroatoms. The second kappa shape index (κ2) is 6.91. The van der Waals surface area contributed by atoms with E-state index in [0.717, 1.165) is 29.6 Å². The molecule has 0 saturated heterocycles. The van der Waals surface area contributed by atoms with Gasteiger partial charge in [-0.2, -0.15) is 0 Å². The zero-order valence-electron chi connectivity index (χ0n) is 13.8. The van der Waals surface area contributed by atoms with Crippen molar-refractivity contribution in [2.45, 2.75) is 13.0 Å². The average Bonchev–Trinajstić information content (AvgIpc) is 2.93. The van der Waals surface area contributed by atoms with Gasteiger partial charge in [0.15, 0.2) is 0 Å². The van der Waals surface area contributed by atoms with Crippen molar-refractivity contribution >= 4 is 45.7 Å². The predicted octanol–water partition coefficient (Wildman–Crippen LogP) is 4.61. The van der Waals surface area contributed by atoms with Crippen molar-refractivity contribution < 1.29 is 9.18 Å². The lowest BCUT2D eigenvalue weighted by atomic mass is 10.0. The van der Waals surface area contributed by atoms with E-state index >= 15 is 0 Å². The van der Waals surface area contributed by atoms with E-state index in [0.29, 0.717) is 27.8 Å². The Morgan fingerprint density at radius 2 is 2.08 bits per heavy atom. The van der Waals surface area contributed by atoms with Gasteiger partial charge in [-0.3, -0.25) is 9.69 Å². The molecule has 2 aromatic carbocycles. The molecule has 3 aromatic rings. The summed E-state index contributed by atoms with van der Waals surface area (Å²) in [5.41, 5.74) is 3.16. The summed E-state index contributed by atoms with van der Waals surface area (Å²) < 4.78 is 14.1. The van der Waals surface area contributed by atoms with Gasteiger partial charge in [0.2, 0.25) is 5.91 Å². The Morgan fingerprint density at radius 3 is 2.88 bits per heavy atom. The van der Waals surface area contributed by atoms with Crippen LogP contribution in [-0.4, -0.2) is 28.9 Å². The van der Waals surface area contributed by atoms with E-state index in [1.54, 1.807) is 30.3 Å². The Labute approximate surface area is 159 Å². The SMILES string of the molecule is O=C(CN1CCc2c([nH]c3c(F)cc(Cl)cc23)C1)Nc1cccc(Cl)c1. The summed E-state index contributed by atoms with van der Waals surface area (Å²) in [5, 5.41) is 4.63. The summed E-state index contributed by atoms with van der Waals surface area (Å²) in [7, 11) is 0. The summed E-state index contributed by atoms with van der Waals surface area (Å²) in [4.78, 5) is 17.5. The number of halogens is 3. The minimum Gasteiger partial charge on any atom is -0.355 e. The van der Waals surface area contributed by atoms with Gasteiger partial charge in [0, 0.05) is 39.9 Å². The van der Waals surface area contributed by atoms with Gasteiger partial charge in [-0.25, -0.2) is 4.39 Å². The van der Waals surface area contributed by atoms with Crippen LogP contribution < -0.4 is 5.32 Å². The first-order valence-corrected chi connectivity index (χ1v) is 9.01. The quantitative estimate of drug-likeness (QED) is 0.684. The van der Waals surface area contributed by atoms with Gasteiger partial charge >= 0.3 is 0 Å². The molecule has 0 fully saturated rings. The zero-order chi connectivity index (χ0) is 18.3. The van der Waals surface area contributed by atoms with Crippen LogP contribution in [0.4, 0.5) is 10.1 Å². The predicted molar refractivity (Wildman–Crippen MR) is 102 cm³/mol. The normalized spacial score (nSPS) is 14.4. The third kappa shape index (κ3) is 3.43. The van der Waals surface area contributed by atoms with Crippen LogP contribution in [-0.2, 0) is 17.8 Å². The van der Waals surface area contributed by atoms with Crippen molar-refractivity contribution in [3.05, 3.63) is 63.5 Å². The molecule has 1 aliphatic heterocycles. The number of anilines is 1. The van der Waals surface area contributed by atoms with Crippen molar-refractivity contribution in [3.8, 4) is 0 Å². The summed E-state index contributed by atoms with van der Waals surface area (Å²) >= 11 is 11.9. The van der Waals surface area contributed by atoms with Crippen LogP contribution in [0.3, 0.4) is 0 Å². The number of fused-ring (bicyclic) bond motifs is 3. The van der Waals surface area contributed by atoms with Crippen molar-refractivity contribution in [2.75, 3.05) is 18.4 Å². The number of hydrogen-bond donors (Lipinski definition) is 2. The molecule has 1 amide bonds. The third-order valence-electron chi connectivity index (χ3n) is 4.56. The van der Waals surface area contributed by atoms with E-state index in [2.05, 4.69) is 10.3 Å². The van der Waals surface area contributed by atoms with E-state index in [1.807, 2.05) is 4.90 Å². The smallest absolute Gasteiger partial charge is 0.238 e. The fourth-order valence-electron chi connectivity index (χ4n) is 3.43. The second-order valence-corrected chi connectivity index (χ2v) is 7.28. The topological polar surface area (TPSA) is 48.1 Å². The molecule has 0 spiro atoms. The summed E-state index contributed by atoms with van der Waals surface area (Å²) in [6.07, 6.45) is 0.736.